The van der Waals surface area contributed by atoms with E-state index in [1.165, 1.54) is 0 Å². The van der Waals surface area contributed by atoms with E-state index < -0.39 is 0 Å². The lowest BCUT2D eigenvalue weighted by Gasteiger charge is -2.10. The molecule has 2 aliphatic rings. The Morgan fingerprint density at radius 2 is 0.809 bits per heavy atom. The molecule has 3 aromatic heterocycles. The minimum atomic E-state index is 0.604. The standard InChI is InChI=1S/C40H25N7/c1-22-12-2-3-13-23(22)32-33-24-14-4-6-16-26(24)35(41-33)43-37-28-18-8-10-20-30(28)39(45-37)47-40-31-21-11-9-19-29(31)38(46-40)44-36-27-17-7-5-15-25(27)34(32)42-36/h2-21H,1H3,(H2,41,42,43,44,45,46,47). The maximum Gasteiger partial charge on any atom is 0.164 e. The van der Waals surface area contributed by atoms with Crippen LogP contribution in [0.25, 0.3) is 101 Å². The van der Waals surface area contributed by atoms with Crippen molar-refractivity contribution in [1.82, 2.24) is 34.9 Å². The van der Waals surface area contributed by atoms with Gasteiger partial charge in [-0.25, -0.2) is 24.9 Å². The summed E-state index contributed by atoms with van der Waals surface area (Å²) in [6.45, 7) is 2.14. The van der Waals surface area contributed by atoms with Crippen molar-refractivity contribution >= 4 is 44.0 Å². The lowest BCUT2D eigenvalue weighted by molar-refractivity contribution is 1.21. The third kappa shape index (κ3) is 3.83. The SMILES string of the molecule is Cc1ccccc1-c1c2nc(nc3[nH]c(nc4nc(nc5[nH]c1c1ccccc51)-c1ccccc1-4)c1ccccc31)-c1ccccc1-2. The Kier molecular flexibility index (Phi) is 5.36. The first-order valence-electron chi connectivity index (χ1n) is 15.6. The number of aromatic nitrogens is 7. The number of hydrogen-bond donors (Lipinski definition) is 2. The third-order valence-corrected chi connectivity index (χ3v) is 9.18. The Morgan fingerprint density at radius 3 is 1.40 bits per heavy atom. The number of rotatable bonds is 1. The van der Waals surface area contributed by atoms with Crippen molar-refractivity contribution in [2.75, 3.05) is 0 Å². The van der Waals surface area contributed by atoms with Gasteiger partial charge in [-0.1, -0.05) is 121 Å². The van der Waals surface area contributed by atoms with E-state index in [0.29, 0.717) is 28.8 Å². The predicted molar refractivity (Wildman–Crippen MR) is 188 cm³/mol. The Balaban J connectivity index is 1.49. The molecule has 47 heavy (non-hydrogen) atoms. The van der Waals surface area contributed by atoms with E-state index in [4.69, 9.17) is 24.9 Å². The first-order valence-corrected chi connectivity index (χ1v) is 15.6. The molecular formula is C40H25N7. The predicted octanol–water partition coefficient (Wildman–Crippen LogP) is 9.45. The second kappa shape index (κ2) is 9.76. The molecule has 7 nitrogen and oxygen atoms in total. The van der Waals surface area contributed by atoms with Crippen LogP contribution in [-0.2, 0) is 0 Å². The van der Waals surface area contributed by atoms with E-state index in [1.807, 2.05) is 42.5 Å². The Labute approximate surface area is 268 Å². The van der Waals surface area contributed by atoms with Crippen LogP contribution in [0.3, 0.4) is 0 Å². The quantitative estimate of drug-likeness (QED) is 0.195. The number of nitrogens with one attached hydrogen (secondary N) is 2. The van der Waals surface area contributed by atoms with E-state index in [1.54, 1.807) is 0 Å². The summed E-state index contributed by atoms with van der Waals surface area (Å²) < 4.78 is 0. The van der Waals surface area contributed by atoms with Crippen LogP contribution in [0.4, 0.5) is 0 Å². The average molecular weight is 604 g/mol. The normalized spacial score (nSPS) is 11.9. The molecule has 0 saturated carbocycles. The zero-order chi connectivity index (χ0) is 31.1. The zero-order valence-corrected chi connectivity index (χ0v) is 25.3. The van der Waals surface area contributed by atoms with Crippen molar-refractivity contribution in [3.05, 3.63) is 127 Å². The summed E-state index contributed by atoms with van der Waals surface area (Å²) in [7, 11) is 0. The molecule has 5 heterocycles. The zero-order valence-electron chi connectivity index (χ0n) is 25.3. The summed E-state index contributed by atoms with van der Waals surface area (Å²) in [4.78, 5) is 33.1. The number of H-pyrrole nitrogens is 2. The fourth-order valence-electron chi connectivity index (χ4n) is 6.97. The summed E-state index contributed by atoms with van der Waals surface area (Å²) in [6, 6.07) is 41.5. The van der Waals surface area contributed by atoms with Gasteiger partial charge in [0, 0.05) is 49.4 Å². The first-order chi connectivity index (χ1) is 23.2. The maximum atomic E-state index is 5.34. The van der Waals surface area contributed by atoms with Crippen molar-refractivity contribution in [2.45, 2.75) is 6.92 Å². The summed E-state index contributed by atoms with van der Waals surface area (Å²) in [6.07, 6.45) is 0. The van der Waals surface area contributed by atoms with Gasteiger partial charge in [-0.15, -0.1) is 0 Å². The number of aryl methyl sites for hydroxylation is 1. The van der Waals surface area contributed by atoms with Gasteiger partial charge in [-0.2, -0.15) is 0 Å². The molecular weight excluding hydrogens is 578 g/mol. The van der Waals surface area contributed by atoms with E-state index in [-0.39, 0.29) is 0 Å². The first kappa shape index (κ1) is 25.8. The molecule has 5 aromatic carbocycles. The number of fused-ring (bicyclic) bond motifs is 20. The highest BCUT2D eigenvalue weighted by atomic mass is 15.0. The molecule has 2 aliphatic heterocycles. The minimum absolute atomic E-state index is 0.604. The van der Waals surface area contributed by atoms with Crippen LogP contribution < -0.4 is 0 Å². The molecule has 7 heteroatoms. The Morgan fingerprint density at radius 1 is 0.383 bits per heavy atom. The van der Waals surface area contributed by atoms with Crippen LogP contribution in [0.5, 0.6) is 0 Å². The van der Waals surface area contributed by atoms with Gasteiger partial charge < -0.3 is 9.97 Å². The highest BCUT2D eigenvalue weighted by Crippen LogP contribution is 2.44. The van der Waals surface area contributed by atoms with Crippen molar-refractivity contribution in [1.29, 1.82) is 0 Å². The summed E-state index contributed by atoms with van der Waals surface area (Å²) in [5, 5.41) is 3.99. The van der Waals surface area contributed by atoms with Gasteiger partial charge in [0.05, 0.1) is 11.2 Å². The van der Waals surface area contributed by atoms with Gasteiger partial charge in [0.1, 0.15) is 16.9 Å². The van der Waals surface area contributed by atoms with Crippen LogP contribution in [0.15, 0.2) is 121 Å². The van der Waals surface area contributed by atoms with E-state index in [2.05, 4.69) is 95.8 Å². The van der Waals surface area contributed by atoms with Gasteiger partial charge in [0.2, 0.25) is 0 Å². The van der Waals surface area contributed by atoms with Gasteiger partial charge >= 0.3 is 0 Å². The van der Waals surface area contributed by atoms with E-state index >= 15 is 0 Å². The maximum absolute atomic E-state index is 5.34. The molecule has 2 N–H and O–H groups in total. The van der Waals surface area contributed by atoms with Crippen molar-refractivity contribution in [3.8, 4) is 56.5 Å². The van der Waals surface area contributed by atoms with Gasteiger partial charge in [0.25, 0.3) is 0 Å². The van der Waals surface area contributed by atoms with Crippen LogP contribution in [0, 0.1) is 6.92 Å². The number of aromatic amines is 2. The smallest absolute Gasteiger partial charge is 0.164 e. The number of hydrogen-bond acceptors (Lipinski definition) is 5. The molecule has 0 saturated heterocycles. The average Bonchev–Trinajstić information content (AvgIpc) is 3.85. The Bertz CT molecular complexity index is 2770. The van der Waals surface area contributed by atoms with Gasteiger partial charge in [-0.05, 0) is 18.1 Å². The highest BCUT2D eigenvalue weighted by Gasteiger charge is 2.25. The van der Waals surface area contributed by atoms with Gasteiger partial charge in [0.15, 0.2) is 17.5 Å². The molecule has 8 bridgehead atoms. The molecule has 10 rings (SSSR count). The topological polar surface area (TPSA) is 96.0 Å². The minimum Gasteiger partial charge on any atom is -0.339 e. The summed E-state index contributed by atoms with van der Waals surface area (Å²) >= 11 is 0. The second-order valence-electron chi connectivity index (χ2n) is 11.9. The molecule has 0 unspecified atom stereocenters. The Hall–Kier alpha value is -6.47. The van der Waals surface area contributed by atoms with Crippen LogP contribution in [0.1, 0.15) is 5.56 Å². The van der Waals surface area contributed by atoms with Gasteiger partial charge in [-0.3, -0.25) is 0 Å². The van der Waals surface area contributed by atoms with E-state index in [9.17, 15) is 0 Å². The largest absolute Gasteiger partial charge is 0.339 e. The molecule has 0 fully saturated rings. The fraction of sp³-hybridized carbons (Fsp3) is 0.0250. The van der Waals surface area contributed by atoms with E-state index in [0.717, 1.165) is 77.3 Å². The number of nitrogens with zero attached hydrogens (tertiary/aromatic N) is 5. The molecule has 0 aliphatic carbocycles. The third-order valence-electron chi connectivity index (χ3n) is 9.18. The second-order valence-corrected chi connectivity index (χ2v) is 11.9. The molecule has 0 spiro atoms. The van der Waals surface area contributed by atoms with Crippen LogP contribution in [0.2, 0.25) is 0 Å². The van der Waals surface area contributed by atoms with Crippen LogP contribution in [-0.4, -0.2) is 34.9 Å². The monoisotopic (exact) mass is 603 g/mol. The molecule has 8 aromatic rings. The molecule has 0 amide bonds. The highest BCUT2D eigenvalue weighted by molar-refractivity contribution is 6.13. The number of benzene rings is 5. The molecule has 0 atom stereocenters. The summed E-state index contributed by atoms with van der Waals surface area (Å²) in [5.74, 6) is 1.86. The lowest BCUT2D eigenvalue weighted by Crippen LogP contribution is -1.89. The van der Waals surface area contributed by atoms with Crippen molar-refractivity contribution in [3.63, 3.8) is 0 Å². The van der Waals surface area contributed by atoms with Crippen molar-refractivity contribution in [2.24, 2.45) is 0 Å². The summed E-state index contributed by atoms with van der Waals surface area (Å²) in [5.41, 5.74) is 11.0. The fourth-order valence-corrected chi connectivity index (χ4v) is 6.97. The van der Waals surface area contributed by atoms with Crippen LogP contribution >= 0.6 is 0 Å². The van der Waals surface area contributed by atoms with Crippen molar-refractivity contribution < 1.29 is 0 Å². The lowest BCUT2D eigenvalue weighted by atomic mass is 9.94. The molecule has 220 valence electrons. The molecule has 0 radical (unpaired) electrons.